The Morgan fingerprint density at radius 1 is 1.08 bits per heavy atom. The highest BCUT2D eigenvalue weighted by Gasteiger charge is 2.31. The van der Waals surface area contributed by atoms with Gasteiger partial charge in [0.15, 0.2) is 11.5 Å². The van der Waals surface area contributed by atoms with Gasteiger partial charge >= 0.3 is 0 Å². The Labute approximate surface area is 144 Å². The maximum atomic E-state index is 12.6. The standard InChI is InChI=1S/C17H15NO6S/c1-23-13-8-10(9-14(24-2)17(13)20)7-12-16(19)11-5-3-4-6-15(11)25(21,22)18-12/h3-9,18,20H,1-2H3/b12-7-. The Bertz CT molecular complexity index is 969. The zero-order chi connectivity index (χ0) is 18.2. The number of fused-ring (bicyclic) bond motifs is 1. The van der Waals surface area contributed by atoms with Gasteiger partial charge in [-0.2, -0.15) is 0 Å². The highest BCUT2D eigenvalue weighted by atomic mass is 32.2. The number of aromatic hydroxyl groups is 1. The first-order valence-corrected chi connectivity index (χ1v) is 8.69. The molecule has 0 bridgehead atoms. The van der Waals surface area contributed by atoms with Crippen molar-refractivity contribution in [1.82, 2.24) is 4.72 Å². The number of phenols is 1. The summed E-state index contributed by atoms with van der Waals surface area (Å²) in [6.07, 6.45) is 1.36. The summed E-state index contributed by atoms with van der Waals surface area (Å²) in [5.74, 6) is -0.361. The van der Waals surface area contributed by atoms with Crippen LogP contribution in [0.25, 0.3) is 6.08 Å². The van der Waals surface area contributed by atoms with Crippen LogP contribution >= 0.6 is 0 Å². The number of ketones is 1. The van der Waals surface area contributed by atoms with E-state index in [1.807, 2.05) is 0 Å². The van der Waals surface area contributed by atoms with Crippen molar-refractivity contribution >= 4 is 21.9 Å². The van der Waals surface area contributed by atoms with Gasteiger partial charge in [-0.3, -0.25) is 9.52 Å². The Balaban J connectivity index is 2.13. The Morgan fingerprint density at radius 3 is 2.28 bits per heavy atom. The van der Waals surface area contributed by atoms with E-state index in [1.54, 1.807) is 12.1 Å². The average Bonchev–Trinajstić information content (AvgIpc) is 2.60. The van der Waals surface area contributed by atoms with Gasteiger partial charge in [0.1, 0.15) is 0 Å². The summed E-state index contributed by atoms with van der Waals surface area (Å²) in [4.78, 5) is 12.5. The van der Waals surface area contributed by atoms with Crippen LogP contribution in [0, 0.1) is 0 Å². The number of sulfonamides is 1. The van der Waals surface area contributed by atoms with Crippen LogP contribution < -0.4 is 14.2 Å². The summed E-state index contributed by atoms with van der Waals surface area (Å²) < 4.78 is 37.0. The zero-order valence-corrected chi connectivity index (χ0v) is 14.3. The number of hydrogen-bond donors (Lipinski definition) is 2. The Hall–Kier alpha value is -3.00. The third-order valence-corrected chi connectivity index (χ3v) is 5.15. The van der Waals surface area contributed by atoms with Crippen LogP contribution in [0.1, 0.15) is 15.9 Å². The van der Waals surface area contributed by atoms with Gasteiger partial charge in [0.25, 0.3) is 10.0 Å². The van der Waals surface area contributed by atoms with E-state index in [9.17, 15) is 18.3 Å². The highest BCUT2D eigenvalue weighted by molar-refractivity contribution is 7.90. The second kappa shape index (κ2) is 6.14. The molecule has 0 aliphatic carbocycles. The van der Waals surface area contributed by atoms with Gasteiger partial charge in [-0.25, -0.2) is 8.42 Å². The van der Waals surface area contributed by atoms with E-state index in [2.05, 4.69) is 4.72 Å². The van der Waals surface area contributed by atoms with Crippen LogP contribution in [-0.4, -0.2) is 33.5 Å². The van der Waals surface area contributed by atoms with Gasteiger partial charge < -0.3 is 14.6 Å². The number of carbonyl (C=O) groups is 1. The zero-order valence-electron chi connectivity index (χ0n) is 13.4. The maximum absolute atomic E-state index is 12.6. The third-order valence-electron chi connectivity index (χ3n) is 3.72. The van der Waals surface area contributed by atoms with Gasteiger partial charge in [0, 0.05) is 5.56 Å². The lowest BCUT2D eigenvalue weighted by molar-refractivity contribution is 0.102. The van der Waals surface area contributed by atoms with E-state index in [-0.39, 0.29) is 33.4 Å². The second-order valence-electron chi connectivity index (χ2n) is 5.26. The van der Waals surface area contributed by atoms with Crippen LogP contribution in [0.2, 0.25) is 0 Å². The molecule has 1 aliphatic heterocycles. The van der Waals surface area contributed by atoms with Gasteiger partial charge in [0.2, 0.25) is 11.5 Å². The molecule has 0 fully saturated rings. The van der Waals surface area contributed by atoms with E-state index in [1.165, 1.54) is 44.6 Å². The van der Waals surface area contributed by atoms with Crippen molar-refractivity contribution in [3.8, 4) is 17.2 Å². The van der Waals surface area contributed by atoms with E-state index < -0.39 is 15.8 Å². The number of rotatable bonds is 3. The molecule has 0 atom stereocenters. The van der Waals surface area contributed by atoms with Crippen molar-refractivity contribution in [1.29, 1.82) is 0 Å². The molecule has 0 amide bonds. The second-order valence-corrected chi connectivity index (χ2v) is 6.91. The molecule has 2 aromatic carbocycles. The topological polar surface area (TPSA) is 102 Å². The maximum Gasteiger partial charge on any atom is 0.262 e. The Kier molecular flexibility index (Phi) is 4.13. The van der Waals surface area contributed by atoms with Crippen LogP contribution in [0.15, 0.2) is 47.0 Å². The predicted octanol–water partition coefficient (Wildman–Crippen LogP) is 1.93. The molecular formula is C17H15NO6S. The minimum atomic E-state index is -3.83. The largest absolute Gasteiger partial charge is 0.502 e. The molecule has 0 radical (unpaired) electrons. The van der Waals surface area contributed by atoms with Crippen molar-refractivity contribution in [2.45, 2.75) is 4.90 Å². The van der Waals surface area contributed by atoms with Crippen molar-refractivity contribution in [2.24, 2.45) is 0 Å². The molecule has 25 heavy (non-hydrogen) atoms. The molecule has 0 aromatic heterocycles. The molecule has 1 heterocycles. The van der Waals surface area contributed by atoms with Gasteiger partial charge in [0.05, 0.1) is 24.8 Å². The van der Waals surface area contributed by atoms with Crippen LogP contribution in [0.3, 0.4) is 0 Å². The minimum absolute atomic E-state index is 0.0574. The number of methoxy groups -OCH3 is 2. The van der Waals surface area contributed by atoms with Gasteiger partial charge in [-0.15, -0.1) is 0 Å². The molecule has 7 nitrogen and oxygen atoms in total. The van der Waals surface area contributed by atoms with Crippen molar-refractivity contribution < 1.29 is 27.8 Å². The molecular weight excluding hydrogens is 346 g/mol. The molecule has 1 aliphatic rings. The van der Waals surface area contributed by atoms with Crippen molar-refractivity contribution in [2.75, 3.05) is 14.2 Å². The minimum Gasteiger partial charge on any atom is -0.502 e. The molecule has 8 heteroatoms. The summed E-state index contributed by atoms with van der Waals surface area (Å²) in [5, 5.41) is 9.94. The first-order chi connectivity index (χ1) is 11.9. The van der Waals surface area contributed by atoms with Crippen LogP contribution in [-0.2, 0) is 10.0 Å². The van der Waals surface area contributed by atoms with Crippen LogP contribution in [0.5, 0.6) is 17.2 Å². The van der Waals surface area contributed by atoms with Gasteiger partial charge in [-0.1, -0.05) is 12.1 Å². The fourth-order valence-corrected chi connectivity index (χ4v) is 3.80. The Morgan fingerprint density at radius 2 is 1.68 bits per heavy atom. The monoisotopic (exact) mass is 361 g/mol. The molecule has 2 N–H and O–H groups in total. The number of phenolic OH excluding ortho intramolecular Hbond substituents is 1. The third kappa shape index (κ3) is 2.91. The first kappa shape index (κ1) is 16.8. The summed E-state index contributed by atoms with van der Waals surface area (Å²) in [6, 6.07) is 8.91. The number of Topliss-reactive ketones (excluding diaryl/α,β-unsaturated/α-hetero) is 1. The smallest absolute Gasteiger partial charge is 0.262 e. The lowest BCUT2D eigenvalue weighted by Gasteiger charge is -2.19. The quantitative estimate of drug-likeness (QED) is 0.810. The van der Waals surface area contributed by atoms with E-state index in [0.717, 1.165) is 0 Å². The van der Waals surface area contributed by atoms with E-state index in [4.69, 9.17) is 9.47 Å². The molecule has 130 valence electrons. The number of carbonyl (C=O) groups excluding carboxylic acids is 1. The number of nitrogens with one attached hydrogen (secondary N) is 1. The van der Waals surface area contributed by atoms with Crippen LogP contribution in [0.4, 0.5) is 0 Å². The number of hydrogen-bond acceptors (Lipinski definition) is 6. The molecule has 0 spiro atoms. The highest BCUT2D eigenvalue weighted by Crippen LogP contribution is 2.38. The number of benzene rings is 2. The van der Waals surface area contributed by atoms with Gasteiger partial charge in [-0.05, 0) is 35.9 Å². The van der Waals surface area contributed by atoms with E-state index >= 15 is 0 Å². The number of allylic oxidation sites excluding steroid dienone is 1. The number of ether oxygens (including phenoxy) is 2. The average molecular weight is 361 g/mol. The fourth-order valence-electron chi connectivity index (χ4n) is 2.54. The predicted molar refractivity (Wildman–Crippen MR) is 90.3 cm³/mol. The lowest BCUT2D eigenvalue weighted by atomic mass is 10.1. The van der Waals surface area contributed by atoms with Crippen molar-refractivity contribution in [3.05, 3.63) is 53.2 Å². The van der Waals surface area contributed by atoms with E-state index in [0.29, 0.717) is 5.56 Å². The lowest BCUT2D eigenvalue weighted by Crippen LogP contribution is -2.34. The van der Waals surface area contributed by atoms with Crippen molar-refractivity contribution in [3.63, 3.8) is 0 Å². The molecule has 3 rings (SSSR count). The molecule has 0 unspecified atom stereocenters. The normalized spacial score (nSPS) is 16.9. The first-order valence-electron chi connectivity index (χ1n) is 7.20. The summed E-state index contributed by atoms with van der Waals surface area (Å²) in [6.45, 7) is 0. The summed E-state index contributed by atoms with van der Waals surface area (Å²) >= 11 is 0. The fraction of sp³-hybridized carbons (Fsp3) is 0.118. The summed E-state index contributed by atoms with van der Waals surface area (Å²) in [5.41, 5.74) is 0.427. The SMILES string of the molecule is COc1cc(/C=C2\NS(=O)(=O)c3ccccc3C2=O)cc(OC)c1O. The summed E-state index contributed by atoms with van der Waals surface area (Å²) in [7, 11) is -1.09. The molecule has 2 aromatic rings. The molecule has 0 saturated carbocycles. The molecule has 0 saturated heterocycles.